The van der Waals surface area contributed by atoms with Gasteiger partial charge in [0.05, 0.1) is 0 Å². The normalized spacial score (nSPS) is 14.9. The van der Waals surface area contributed by atoms with Gasteiger partial charge in [-0.25, -0.2) is 4.98 Å². The Balaban J connectivity index is 1.41. The maximum absolute atomic E-state index is 12.9. The molecule has 0 aliphatic carbocycles. The number of ether oxygens (including phenoxy) is 1. The van der Waals surface area contributed by atoms with E-state index in [0.29, 0.717) is 42.9 Å². The molecule has 12 heteroatoms. The van der Waals surface area contributed by atoms with Crippen molar-refractivity contribution in [2.45, 2.75) is 31.6 Å². The first-order chi connectivity index (χ1) is 18.7. The van der Waals surface area contributed by atoms with Crippen molar-refractivity contribution >= 4 is 17.7 Å². The zero-order chi connectivity index (χ0) is 28.0. The Morgan fingerprint density at radius 3 is 2.49 bits per heavy atom. The van der Waals surface area contributed by atoms with Crippen LogP contribution in [-0.4, -0.2) is 49.0 Å². The van der Waals surface area contributed by atoms with Gasteiger partial charge in [-0.15, -0.1) is 0 Å². The Hall–Kier alpha value is -4.19. The third-order valence-corrected chi connectivity index (χ3v) is 6.32. The third kappa shape index (κ3) is 7.02. The first kappa shape index (κ1) is 27.8. The van der Waals surface area contributed by atoms with Gasteiger partial charge in [0.2, 0.25) is 5.91 Å². The molecule has 1 atom stereocenters. The lowest BCUT2D eigenvalue weighted by molar-refractivity contribution is -0.141. The molecule has 1 aliphatic heterocycles. The predicted octanol–water partition coefficient (Wildman–Crippen LogP) is 3.56. The van der Waals surface area contributed by atoms with Gasteiger partial charge in [0.15, 0.2) is 5.76 Å². The molecule has 39 heavy (non-hydrogen) atoms. The van der Waals surface area contributed by atoms with E-state index in [9.17, 15) is 27.6 Å². The van der Waals surface area contributed by atoms with Crippen LogP contribution >= 0.6 is 0 Å². The number of halogens is 3. The number of hydrogen-bond acceptors (Lipinski definition) is 6. The summed E-state index contributed by atoms with van der Waals surface area (Å²) in [6.45, 7) is 1.07. The summed E-state index contributed by atoms with van der Waals surface area (Å²) in [5.74, 6) is -1.22. The maximum Gasteiger partial charge on any atom is 0.433 e. The van der Waals surface area contributed by atoms with Crippen molar-refractivity contribution < 1.29 is 36.7 Å². The highest BCUT2D eigenvalue weighted by Crippen LogP contribution is 2.27. The Morgan fingerprint density at radius 2 is 1.77 bits per heavy atom. The summed E-state index contributed by atoms with van der Waals surface area (Å²) >= 11 is 0. The van der Waals surface area contributed by atoms with Crippen molar-refractivity contribution in [3.63, 3.8) is 0 Å². The van der Waals surface area contributed by atoms with Gasteiger partial charge < -0.3 is 25.1 Å². The summed E-state index contributed by atoms with van der Waals surface area (Å²) in [5, 5.41) is 7.91. The number of furan rings is 1. The molecule has 1 aliphatic rings. The number of likely N-dealkylation sites (N-methyl/N-ethyl adjacent to an activating group) is 1. The maximum atomic E-state index is 12.9. The van der Waals surface area contributed by atoms with E-state index in [1.807, 2.05) is 0 Å². The highest BCUT2D eigenvalue weighted by Gasteiger charge is 2.33. The smallest absolute Gasteiger partial charge is 0.433 e. The second kappa shape index (κ2) is 12.1. The highest BCUT2D eigenvalue weighted by atomic mass is 19.4. The lowest BCUT2D eigenvalue weighted by atomic mass is 9.91. The lowest BCUT2D eigenvalue weighted by Gasteiger charge is -2.29. The molecule has 0 bridgehead atoms. The number of rotatable bonds is 8. The molecule has 9 nitrogen and oxygen atoms in total. The minimum absolute atomic E-state index is 0.0254. The van der Waals surface area contributed by atoms with Crippen LogP contribution in [-0.2, 0) is 22.3 Å². The number of alkyl halides is 3. The number of carbonyl (C=O) groups is 3. The Kier molecular flexibility index (Phi) is 8.65. The van der Waals surface area contributed by atoms with Crippen LogP contribution in [0.25, 0.3) is 11.3 Å². The molecule has 0 saturated carbocycles. The molecule has 0 spiro atoms. The number of nitrogens with zero attached hydrogens (tertiary/aromatic N) is 1. The van der Waals surface area contributed by atoms with Crippen LogP contribution in [0.3, 0.4) is 0 Å². The molecule has 1 fully saturated rings. The quantitative estimate of drug-likeness (QED) is 0.399. The first-order valence-electron chi connectivity index (χ1n) is 12.3. The summed E-state index contributed by atoms with van der Waals surface area (Å²) < 4.78 is 49.8. The summed E-state index contributed by atoms with van der Waals surface area (Å²) in [6.07, 6.45) is -3.36. The van der Waals surface area contributed by atoms with E-state index in [2.05, 4.69) is 20.9 Å². The summed E-state index contributed by atoms with van der Waals surface area (Å²) in [7, 11) is 1.51. The molecular weight excluding hydrogens is 517 g/mol. The minimum Gasteiger partial charge on any atom is -0.451 e. The van der Waals surface area contributed by atoms with Gasteiger partial charge >= 0.3 is 6.18 Å². The number of pyridine rings is 1. The van der Waals surface area contributed by atoms with E-state index in [4.69, 9.17) is 9.15 Å². The van der Waals surface area contributed by atoms with Crippen LogP contribution in [0.4, 0.5) is 13.2 Å². The van der Waals surface area contributed by atoms with E-state index in [0.717, 1.165) is 12.1 Å². The Bertz CT molecular complexity index is 1330. The number of carbonyl (C=O) groups excluding carboxylic acids is 3. The van der Waals surface area contributed by atoms with Crippen molar-refractivity contribution in [2.75, 3.05) is 20.3 Å². The van der Waals surface area contributed by atoms with Gasteiger partial charge in [-0.3, -0.25) is 14.4 Å². The second-order valence-corrected chi connectivity index (χ2v) is 8.97. The molecule has 3 amide bonds. The SMILES string of the molecule is CNC(=O)C(NC(=O)c1ccc(-c2cccc(CNC(=O)c3cccc(C(F)(F)F)n3)c2)o1)C1CCOCC1. The van der Waals surface area contributed by atoms with Crippen LogP contribution in [0.1, 0.15) is 45.1 Å². The third-order valence-electron chi connectivity index (χ3n) is 6.32. The van der Waals surface area contributed by atoms with Crippen LogP contribution in [0.2, 0.25) is 0 Å². The monoisotopic (exact) mass is 544 g/mol. The summed E-state index contributed by atoms with van der Waals surface area (Å²) in [4.78, 5) is 41.1. The van der Waals surface area contributed by atoms with Crippen molar-refractivity contribution in [1.82, 2.24) is 20.9 Å². The fourth-order valence-corrected chi connectivity index (χ4v) is 4.26. The van der Waals surface area contributed by atoms with E-state index in [1.165, 1.54) is 19.2 Å². The van der Waals surface area contributed by atoms with Gasteiger partial charge in [-0.2, -0.15) is 13.2 Å². The standard InChI is InChI=1S/C27H27F3N4O5/c1-31-26(37)23(17-10-12-38-13-11-17)34-25(36)21-9-8-20(39-21)18-5-2-4-16(14-18)15-32-24(35)19-6-3-7-22(33-19)27(28,29)30/h2-9,14,17,23H,10-13,15H2,1H3,(H,31,37)(H,32,35)(H,34,36). The number of amides is 3. The molecule has 206 valence electrons. The van der Waals surface area contributed by atoms with E-state index >= 15 is 0 Å². The van der Waals surface area contributed by atoms with Gasteiger partial charge in [0, 0.05) is 32.4 Å². The van der Waals surface area contributed by atoms with Gasteiger partial charge in [-0.1, -0.05) is 24.3 Å². The number of nitrogens with one attached hydrogen (secondary N) is 3. The van der Waals surface area contributed by atoms with Crippen molar-refractivity contribution in [3.05, 3.63) is 77.3 Å². The molecule has 2 aromatic heterocycles. The fourth-order valence-electron chi connectivity index (χ4n) is 4.26. The average Bonchev–Trinajstić information content (AvgIpc) is 3.45. The molecular formula is C27H27F3N4O5. The number of hydrogen-bond donors (Lipinski definition) is 3. The molecule has 1 unspecified atom stereocenters. The molecule has 3 heterocycles. The topological polar surface area (TPSA) is 123 Å². The Labute approximate surface area is 222 Å². The van der Waals surface area contributed by atoms with Crippen LogP contribution < -0.4 is 16.0 Å². The number of aromatic nitrogens is 1. The van der Waals surface area contributed by atoms with Gasteiger partial charge in [0.1, 0.15) is 23.2 Å². The predicted molar refractivity (Wildman–Crippen MR) is 133 cm³/mol. The highest BCUT2D eigenvalue weighted by molar-refractivity contribution is 5.96. The summed E-state index contributed by atoms with van der Waals surface area (Å²) in [6, 6.07) is 12.4. The lowest BCUT2D eigenvalue weighted by Crippen LogP contribution is -2.51. The van der Waals surface area contributed by atoms with Crippen molar-refractivity contribution in [2.24, 2.45) is 5.92 Å². The summed E-state index contributed by atoms with van der Waals surface area (Å²) in [5.41, 5.74) is -0.234. The average molecular weight is 545 g/mol. The van der Waals surface area contributed by atoms with Crippen LogP contribution in [0.15, 0.2) is 59.0 Å². The second-order valence-electron chi connectivity index (χ2n) is 8.97. The zero-order valence-corrected chi connectivity index (χ0v) is 21.0. The van der Waals surface area contributed by atoms with Gasteiger partial charge in [0.25, 0.3) is 11.8 Å². The molecule has 1 aromatic carbocycles. The largest absolute Gasteiger partial charge is 0.451 e. The van der Waals surface area contributed by atoms with E-state index in [-0.39, 0.29) is 29.8 Å². The Morgan fingerprint density at radius 1 is 1.03 bits per heavy atom. The molecule has 3 N–H and O–H groups in total. The molecule has 4 rings (SSSR count). The van der Waals surface area contributed by atoms with Crippen LogP contribution in [0, 0.1) is 5.92 Å². The van der Waals surface area contributed by atoms with E-state index in [1.54, 1.807) is 30.3 Å². The minimum atomic E-state index is -4.66. The van der Waals surface area contributed by atoms with Crippen molar-refractivity contribution in [1.29, 1.82) is 0 Å². The number of benzene rings is 1. The van der Waals surface area contributed by atoms with E-state index < -0.39 is 29.7 Å². The molecule has 3 aromatic rings. The fraction of sp³-hybridized carbons (Fsp3) is 0.333. The van der Waals surface area contributed by atoms with Crippen molar-refractivity contribution in [3.8, 4) is 11.3 Å². The zero-order valence-electron chi connectivity index (χ0n) is 21.0. The van der Waals surface area contributed by atoms with Crippen LogP contribution in [0.5, 0.6) is 0 Å². The molecule has 1 saturated heterocycles. The first-order valence-corrected chi connectivity index (χ1v) is 12.3. The molecule has 0 radical (unpaired) electrons. The van der Waals surface area contributed by atoms with Gasteiger partial charge in [-0.05, 0) is 54.7 Å².